The molecule has 0 radical (unpaired) electrons. The number of hydrogen-bond donors (Lipinski definition) is 1. The molecule has 2 rings (SSSR count). The number of nitrogens with one attached hydrogen (secondary N) is 1. The van der Waals surface area contributed by atoms with E-state index < -0.39 is 9.84 Å². The fraction of sp³-hybridized carbons (Fsp3) is 0.571. The monoisotopic (exact) mass is 282 g/mol. The zero-order valence-corrected chi connectivity index (χ0v) is 12.4. The van der Waals surface area contributed by atoms with E-state index >= 15 is 0 Å². The Kier molecular flexibility index (Phi) is 4.47. The Morgan fingerprint density at radius 3 is 2.53 bits per heavy atom. The molecule has 1 unspecified atom stereocenters. The number of rotatable bonds is 4. The van der Waals surface area contributed by atoms with Gasteiger partial charge in [0.1, 0.15) is 0 Å². The predicted molar refractivity (Wildman–Crippen MR) is 78.4 cm³/mol. The van der Waals surface area contributed by atoms with Gasteiger partial charge in [-0.2, -0.15) is 0 Å². The maximum Gasteiger partial charge on any atom is 0.175 e. The SMILES string of the molecule is CN(CC1CCCNC1)c1ccc(S(C)(=O)=O)cc1. The van der Waals surface area contributed by atoms with Crippen molar-refractivity contribution >= 4 is 15.5 Å². The highest BCUT2D eigenvalue weighted by Gasteiger charge is 2.15. The van der Waals surface area contributed by atoms with E-state index in [1.54, 1.807) is 12.1 Å². The van der Waals surface area contributed by atoms with E-state index in [2.05, 4.69) is 17.3 Å². The van der Waals surface area contributed by atoms with Crippen LogP contribution in [-0.2, 0) is 9.84 Å². The van der Waals surface area contributed by atoms with Crippen LogP contribution in [-0.4, -0.2) is 41.4 Å². The summed E-state index contributed by atoms with van der Waals surface area (Å²) in [6, 6.07) is 7.12. The molecule has 0 aromatic heterocycles. The Labute approximate surface area is 115 Å². The van der Waals surface area contributed by atoms with Crippen LogP contribution in [0.3, 0.4) is 0 Å². The van der Waals surface area contributed by atoms with Crippen molar-refractivity contribution in [3.63, 3.8) is 0 Å². The maximum absolute atomic E-state index is 11.4. The molecule has 1 aliphatic rings. The Hall–Kier alpha value is -1.07. The second kappa shape index (κ2) is 5.92. The van der Waals surface area contributed by atoms with E-state index in [0.717, 1.165) is 25.3 Å². The number of anilines is 1. The van der Waals surface area contributed by atoms with Gasteiger partial charge in [0.15, 0.2) is 9.84 Å². The van der Waals surface area contributed by atoms with E-state index in [-0.39, 0.29) is 0 Å². The number of sulfone groups is 1. The molecule has 1 fully saturated rings. The summed E-state index contributed by atoms with van der Waals surface area (Å²) < 4.78 is 22.8. The molecule has 0 amide bonds. The van der Waals surface area contributed by atoms with E-state index in [0.29, 0.717) is 10.8 Å². The minimum absolute atomic E-state index is 0.379. The van der Waals surface area contributed by atoms with Crippen LogP contribution in [0.1, 0.15) is 12.8 Å². The highest BCUT2D eigenvalue weighted by molar-refractivity contribution is 7.90. The van der Waals surface area contributed by atoms with Crippen molar-refractivity contribution in [2.45, 2.75) is 17.7 Å². The Bertz CT molecular complexity index is 505. The first-order chi connectivity index (χ1) is 8.97. The van der Waals surface area contributed by atoms with Crippen LogP contribution in [0.2, 0.25) is 0 Å². The summed E-state index contributed by atoms with van der Waals surface area (Å²) in [5.74, 6) is 0.674. The summed E-state index contributed by atoms with van der Waals surface area (Å²) in [5, 5.41) is 3.41. The summed E-state index contributed by atoms with van der Waals surface area (Å²) in [7, 11) is -1.04. The van der Waals surface area contributed by atoms with Crippen molar-refractivity contribution in [2.24, 2.45) is 5.92 Å². The molecule has 0 spiro atoms. The first-order valence-corrected chi connectivity index (χ1v) is 8.58. The zero-order valence-electron chi connectivity index (χ0n) is 11.6. The van der Waals surface area contributed by atoms with Crippen molar-refractivity contribution in [2.75, 3.05) is 37.8 Å². The molecule has 1 aromatic rings. The molecule has 0 aliphatic carbocycles. The topological polar surface area (TPSA) is 49.4 Å². The molecular formula is C14H22N2O2S. The summed E-state index contributed by atoms with van der Waals surface area (Å²) >= 11 is 0. The molecule has 5 heteroatoms. The molecule has 19 heavy (non-hydrogen) atoms. The fourth-order valence-corrected chi connectivity index (χ4v) is 3.15. The number of benzene rings is 1. The zero-order chi connectivity index (χ0) is 13.9. The van der Waals surface area contributed by atoms with Gasteiger partial charge in [-0.15, -0.1) is 0 Å². The van der Waals surface area contributed by atoms with Crippen molar-refractivity contribution in [3.8, 4) is 0 Å². The van der Waals surface area contributed by atoms with E-state index in [1.165, 1.54) is 19.1 Å². The number of piperidine rings is 1. The average Bonchev–Trinajstić information content (AvgIpc) is 2.39. The molecule has 1 aromatic carbocycles. The van der Waals surface area contributed by atoms with Crippen molar-refractivity contribution < 1.29 is 8.42 Å². The van der Waals surface area contributed by atoms with E-state index in [9.17, 15) is 8.42 Å². The molecule has 1 atom stereocenters. The summed E-state index contributed by atoms with van der Waals surface area (Å²) in [6.07, 6.45) is 3.74. The van der Waals surface area contributed by atoms with Gasteiger partial charge in [0.25, 0.3) is 0 Å². The molecule has 0 saturated carbocycles. The van der Waals surface area contributed by atoms with Crippen LogP contribution in [0.15, 0.2) is 29.2 Å². The second-order valence-electron chi connectivity index (χ2n) is 5.36. The quantitative estimate of drug-likeness (QED) is 0.910. The molecule has 0 bridgehead atoms. The van der Waals surface area contributed by atoms with Crippen LogP contribution < -0.4 is 10.2 Å². The van der Waals surface area contributed by atoms with Crippen molar-refractivity contribution in [1.82, 2.24) is 5.32 Å². The lowest BCUT2D eigenvalue weighted by atomic mass is 9.99. The molecular weight excluding hydrogens is 260 g/mol. The minimum Gasteiger partial charge on any atom is -0.374 e. The highest BCUT2D eigenvalue weighted by atomic mass is 32.2. The van der Waals surface area contributed by atoms with Gasteiger partial charge in [0.05, 0.1) is 4.90 Å². The Morgan fingerprint density at radius 1 is 1.32 bits per heavy atom. The predicted octanol–water partition coefficient (Wildman–Crippen LogP) is 1.53. The third-order valence-corrected chi connectivity index (χ3v) is 4.77. The van der Waals surface area contributed by atoms with Crippen LogP contribution in [0, 0.1) is 5.92 Å². The Morgan fingerprint density at radius 2 is 2.00 bits per heavy atom. The molecule has 1 aliphatic heterocycles. The van der Waals surface area contributed by atoms with Crippen molar-refractivity contribution in [3.05, 3.63) is 24.3 Å². The minimum atomic E-state index is -3.10. The van der Waals surface area contributed by atoms with Crippen molar-refractivity contribution in [1.29, 1.82) is 0 Å². The van der Waals surface area contributed by atoms with E-state index in [4.69, 9.17) is 0 Å². The Balaban J connectivity index is 2.01. The lowest BCUT2D eigenvalue weighted by Gasteiger charge is -2.29. The van der Waals surface area contributed by atoms with Gasteiger partial charge in [-0.3, -0.25) is 0 Å². The summed E-state index contributed by atoms with van der Waals surface area (Å²) in [4.78, 5) is 2.58. The first-order valence-electron chi connectivity index (χ1n) is 6.69. The molecule has 4 nitrogen and oxygen atoms in total. The number of hydrogen-bond acceptors (Lipinski definition) is 4. The van der Waals surface area contributed by atoms with Gasteiger partial charge < -0.3 is 10.2 Å². The average molecular weight is 282 g/mol. The van der Waals surface area contributed by atoms with Crippen LogP contribution in [0.4, 0.5) is 5.69 Å². The summed E-state index contributed by atoms with van der Waals surface area (Å²) in [6.45, 7) is 3.21. The fourth-order valence-electron chi connectivity index (χ4n) is 2.52. The van der Waals surface area contributed by atoms with Gasteiger partial charge in [-0.25, -0.2) is 8.42 Å². The first kappa shape index (κ1) is 14.3. The van der Waals surface area contributed by atoms with Crippen LogP contribution in [0.5, 0.6) is 0 Å². The highest BCUT2D eigenvalue weighted by Crippen LogP contribution is 2.19. The van der Waals surface area contributed by atoms with Gasteiger partial charge in [-0.1, -0.05) is 0 Å². The number of nitrogens with zero attached hydrogens (tertiary/aromatic N) is 1. The largest absolute Gasteiger partial charge is 0.374 e. The lowest BCUT2D eigenvalue weighted by molar-refractivity contribution is 0.381. The summed E-state index contributed by atoms with van der Waals surface area (Å²) in [5.41, 5.74) is 1.07. The van der Waals surface area contributed by atoms with Crippen LogP contribution in [0.25, 0.3) is 0 Å². The van der Waals surface area contributed by atoms with Crippen LogP contribution >= 0.6 is 0 Å². The van der Waals surface area contributed by atoms with Gasteiger partial charge >= 0.3 is 0 Å². The van der Waals surface area contributed by atoms with Gasteiger partial charge in [0.2, 0.25) is 0 Å². The normalized spacial score (nSPS) is 20.2. The van der Waals surface area contributed by atoms with E-state index in [1.807, 2.05) is 12.1 Å². The third-order valence-electron chi connectivity index (χ3n) is 3.64. The smallest absolute Gasteiger partial charge is 0.175 e. The van der Waals surface area contributed by atoms with Gasteiger partial charge in [0, 0.05) is 25.5 Å². The lowest BCUT2D eigenvalue weighted by Crippen LogP contribution is -2.36. The molecule has 106 valence electrons. The molecule has 1 N–H and O–H groups in total. The van der Waals surface area contributed by atoms with Gasteiger partial charge in [-0.05, 0) is 56.1 Å². The molecule has 1 saturated heterocycles. The second-order valence-corrected chi connectivity index (χ2v) is 7.37. The maximum atomic E-state index is 11.4. The molecule has 1 heterocycles. The third kappa shape index (κ3) is 3.94. The standard InChI is InChI=1S/C14H22N2O2S/c1-16(11-12-4-3-9-15-10-12)13-5-7-14(8-6-13)19(2,17)18/h5-8,12,15H,3-4,9-11H2,1-2H3.